The Kier molecular flexibility index (Phi) is 6.69. The number of hydrogen-bond donors (Lipinski definition) is 1. The lowest BCUT2D eigenvalue weighted by Crippen LogP contribution is -2.52. The summed E-state index contributed by atoms with van der Waals surface area (Å²) in [4.78, 5) is 12.0. The SMILES string of the molecule is CCCCCCCOC(=O)C1(N)CCCC(C)C1. The average molecular weight is 255 g/mol. The number of carbonyl (C=O) groups excluding carboxylic acids is 1. The Hall–Kier alpha value is -0.570. The molecule has 1 saturated carbocycles. The Bertz CT molecular complexity index is 255. The monoisotopic (exact) mass is 255 g/mol. The van der Waals surface area contributed by atoms with Crippen LogP contribution >= 0.6 is 0 Å². The molecule has 0 aromatic carbocycles. The summed E-state index contributed by atoms with van der Waals surface area (Å²) in [6.45, 7) is 4.90. The van der Waals surface area contributed by atoms with Crippen LogP contribution in [0.1, 0.15) is 71.6 Å². The second kappa shape index (κ2) is 7.78. The normalized spacial score (nSPS) is 28.1. The molecule has 0 amide bonds. The first kappa shape index (κ1) is 15.5. The Morgan fingerprint density at radius 1 is 1.33 bits per heavy atom. The highest BCUT2D eigenvalue weighted by atomic mass is 16.5. The fourth-order valence-corrected chi connectivity index (χ4v) is 2.79. The van der Waals surface area contributed by atoms with E-state index in [0.29, 0.717) is 12.5 Å². The highest BCUT2D eigenvalue weighted by Gasteiger charge is 2.39. The molecular formula is C15H29NO2. The molecule has 0 heterocycles. The highest BCUT2D eigenvalue weighted by molar-refractivity contribution is 5.80. The summed E-state index contributed by atoms with van der Waals surface area (Å²) in [5, 5.41) is 0. The van der Waals surface area contributed by atoms with E-state index in [2.05, 4.69) is 13.8 Å². The van der Waals surface area contributed by atoms with Gasteiger partial charge in [-0.3, -0.25) is 4.79 Å². The minimum absolute atomic E-state index is 0.176. The van der Waals surface area contributed by atoms with E-state index in [1.54, 1.807) is 0 Å². The van der Waals surface area contributed by atoms with Crippen molar-refractivity contribution in [3.8, 4) is 0 Å². The van der Waals surface area contributed by atoms with Gasteiger partial charge in [-0.25, -0.2) is 0 Å². The number of esters is 1. The second-order valence-electron chi connectivity index (χ2n) is 5.91. The molecule has 1 aliphatic rings. The lowest BCUT2D eigenvalue weighted by Gasteiger charge is -2.34. The molecule has 106 valence electrons. The zero-order valence-electron chi connectivity index (χ0n) is 12.0. The van der Waals surface area contributed by atoms with E-state index in [-0.39, 0.29) is 5.97 Å². The van der Waals surface area contributed by atoms with Crippen LogP contribution in [-0.2, 0) is 9.53 Å². The van der Waals surface area contributed by atoms with Crippen molar-refractivity contribution >= 4 is 5.97 Å². The molecule has 18 heavy (non-hydrogen) atoms. The predicted molar refractivity (Wildman–Crippen MR) is 74.3 cm³/mol. The topological polar surface area (TPSA) is 52.3 Å². The first-order valence-corrected chi connectivity index (χ1v) is 7.54. The van der Waals surface area contributed by atoms with Crippen molar-refractivity contribution in [2.75, 3.05) is 6.61 Å². The third kappa shape index (κ3) is 4.97. The lowest BCUT2D eigenvalue weighted by atomic mass is 9.77. The van der Waals surface area contributed by atoms with Crippen LogP contribution in [0, 0.1) is 5.92 Å². The Labute approximate surface area is 111 Å². The molecule has 0 aromatic heterocycles. The molecule has 0 aromatic rings. The van der Waals surface area contributed by atoms with Gasteiger partial charge in [0, 0.05) is 0 Å². The number of unbranched alkanes of at least 4 members (excludes halogenated alkanes) is 4. The molecule has 1 rings (SSSR count). The van der Waals surface area contributed by atoms with E-state index in [1.807, 2.05) is 0 Å². The Morgan fingerprint density at radius 2 is 2.06 bits per heavy atom. The number of ether oxygens (including phenoxy) is 1. The van der Waals surface area contributed by atoms with Gasteiger partial charge >= 0.3 is 5.97 Å². The van der Waals surface area contributed by atoms with Crippen molar-refractivity contribution in [1.29, 1.82) is 0 Å². The minimum Gasteiger partial charge on any atom is -0.464 e. The second-order valence-corrected chi connectivity index (χ2v) is 5.91. The van der Waals surface area contributed by atoms with Crippen molar-refractivity contribution in [2.45, 2.75) is 77.2 Å². The molecule has 2 unspecified atom stereocenters. The standard InChI is InChI=1S/C15H29NO2/c1-3-4-5-6-7-11-18-14(17)15(16)10-8-9-13(2)12-15/h13H,3-12,16H2,1-2H3. The maximum Gasteiger partial charge on any atom is 0.326 e. The van der Waals surface area contributed by atoms with Crippen LogP contribution in [0.5, 0.6) is 0 Å². The van der Waals surface area contributed by atoms with Crippen LogP contribution in [0.3, 0.4) is 0 Å². The van der Waals surface area contributed by atoms with Crippen molar-refractivity contribution in [3.63, 3.8) is 0 Å². The Balaban J connectivity index is 2.19. The third-order valence-corrected chi connectivity index (χ3v) is 3.92. The van der Waals surface area contributed by atoms with Crippen molar-refractivity contribution in [2.24, 2.45) is 11.7 Å². The molecule has 3 heteroatoms. The van der Waals surface area contributed by atoms with Crippen molar-refractivity contribution in [3.05, 3.63) is 0 Å². The summed E-state index contributed by atoms with van der Waals surface area (Å²) < 4.78 is 5.35. The maximum atomic E-state index is 12.0. The number of hydrogen-bond acceptors (Lipinski definition) is 3. The average Bonchev–Trinajstić information content (AvgIpc) is 2.33. The van der Waals surface area contributed by atoms with Crippen LogP contribution in [0.25, 0.3) is 0 Å². The number of nitrogens with two attached hydrogens (primary N) is 1. The summed E-state index contributed by atoms with van der Waals surface area (Å²) in [5.41, 5.74) is 5.47. The van der Waals surface area contributed by atoms with Gasteiger partial charge in [-0.2, -0.15) is 0 Å². The predicted octanol–water partition coefficient (Wildman–Crippen LogP) is 3.41. The summed E-state index contributed by atoms with van der Waals surface area (Å²) in [5.74, 6) is 0.366. The van der Waals surface area contributed by atoms with Gasteiger partial charge in [-0.05, 0) is 25.2 Å². The van der Waals surface area contributed by atoms with Gasteiger partial charge in [0.2, 0.25) is 0 Å². The molecule has 0 spiro atoms. The fourth-order valence-electron chi connectivity index (χ4n) is 2.79. The van der Waals surface area contributed by atoms with Gasteiger partial charge in [0.1, 0.15) is 5.54 Å². The number of carbonyl (C=O) groups is 1. The first-order valence-electron chi connectivity index (χ1n) is 7.54. The highest BCUT2D eigenvalue weighted by Crippen LogP contribution is 2.31. The van der Waals surface area contributed by atoms with Crippen molar-refractivity contribution < 1.29 is 9.53 Å². The van der Waals surface area contributed by atoms with E-state index in [1.165, 1.54) is 25.7 Å². The van der Waals surface area contributed by atoms with Gasteiger partial charge in [-0.1, -0.05) is 52.4 Å². The fraction of sp³-hybridized carbons (Fsp3) is 0.933. The first-order chi connectivity index (χ1) is 8.58. The Morgan fingerprint density at radius 3 is 2.72 bits per heavy atom. The van der Waals surface area contributed by atoms with Crippen LogP contribution in [0.4, 0.5) is 0 Å². The van der Waals surface area contributed by atoms with E-state index < -0.39 is 5.54 Å². The van der Waals surface area contributed by atoms with E-state index in [0.717, 1.165) is 32.1 Å². The van der Waals surface area contributed by atoms with Crippen LogP contribution in [0.15, 0.2) is 0 Å². The molecule has 0 saturated heterocycles. The van der Waals surface area contributed by atoms with E-state index in [9.17, 15) is 4.79 Å². The zero-order valence-corrected chi connectivity index (χ0v) is 12.0. The van der Waals surface area contributed by atoms with Gasteiger partial charge in [0.05, 0.1) is 6.61 Å². The molecule has 0 aliphatic heterocycles. The van der Waals surface area contributed by atoms with Crippen LogP contribution < -0.4 is 5.73 Å². The molecule has 2 N–H and O–H groups in total. The molecular weight excluding hydrogens is 226 g/mol. The van der Waals surface area contributed by atoms with Crippen molar-refractivity contribution in [1.82, 2.24) is 0 Å². The largest absolute Gasteiger partial charge is 0.464 e. The molecule has 3 nitrogen and oxygen atoms in total. The molecule has 0 radical (unpaired) electrons. The van der Waals surface area contributed by atoms with Gasteiger partial charge < -0.3 is 10.5 Å². The summed E-state index contributed by atoms with van der Waals surface area (Å²) >= 11 is 0. The quantitative estimate of drug-likeness (QED) is 0.560. The molecule has 1 aliphatic carbocycles. The summed E-state index contributed by atoms with van der Waals surface area (Å²) in [7, 11) is 0. The van der Waals surface area contributed by atoms with Gasteiger partial charge in [0.15, 0.2) is 0 Å². The van der Waals surface area contributed by atoms with Crippen LogP contribution in [-0.4, -0.2) is 18.1 Å². The maximum absolute atomic E-state index is 12.0. The number of rotatable bonds is 7. The summed E-state index contributed by atoms with van der Waals surface area (Å²) in [6.07, 6.45) is 9.65. The minimum atomic E-state index is -0.707. The summed E-state index contributed by atoms with van der Waals surface area (Å²) in [6, 6.07) is 0. The van der Waals surface area contributed by atoms with Gasteiger partial charge in [0.25, 0.3) is 0 Å². The zero-order chi connectivity index (χ0) is 13.4. The van der Waals surface area contributed by atoms with E-state index in [4.69, 9.17) is 10.5 Å². The van der Waals surface area contributed by atoms with E-state index >= 15 is 0 Å². The molecule has 0 bridgehead atoms. The van der Waals surface area contributed by atoms with Gasteiger partial charge in [-0.15, -0.1) is 0 Å². The third-order valence-electron chi connectivity index (χ3n) is 3.92. The van der Waals surface area contributed by atoms with Crippen LogP contribution in [0.2, 0.25) is 0 Å². The molecule has 2 atom stereocenters. The lowest BCUT2D eigenvalue weighted by molar-refractivity contribution is -0.152. The molecule has 1 fully saturated rings. The smallest absolute Gasteiger partial charge is 0.326 e.